The van der Waals surface area contributed by atoms with Crippen LogP contribution >= 0.6 is 22.6 Å². The first kappa shape index (κ1) is 12.0. The molecule has 0 aromatic carbocycles. The van der Waals surface area contributed by atoms with E-state index in [2.05, 4.69) is 37.9 Å². The van der Waals surface area contributed by atoms with Crippen LogP contribution in [0.4, 0.5) is 0 Å². The Morgan fingerprint density at radius 1 is 1.62 bits per heavy atom. The second-order valence-corrected chi connectivity index (χ2v) is 4.88. The van der Waals surface area contributed by atoms with Gasteiger partial charge in [0.15, 0.2) is 0 Å². The van der Waals surface area contributed by atoms with Gasteiger partial charge in [-0.2, -0.15) is 0 Å². The summed E-state index contributed by atoms with van der Waals surface area (Å²) in [5, 5.41) is 3.30. The van der Waals surface area contributed by atoms with Gasteiger partial charge in [0, 0.05) is 19.3 Å². The predicted octanol–water partition coefficient (Wildman–Crippen LogP) is 0.837. The van der Waals surface area contributed by atoms with Crippen molar-refractivity contribution in [1.82, 2.24) is 15.3 Å². The molecule has 1 saturated heterocycles. The third-order valence-corrected chi connectivity index (χ3v) is 3.01. The third kappa shape index (κ3) is 3.26. The second-order valence-electron chi connectivity index (χ2n) is 3.71. The number of aromatic nitrogens is 2. The predicted molar refractivity (Wildman–Crippen MR) is 67.4 cm³/mol. The lowest BCUT2D eigenvalue weighted by atomic mass is 10.2. The lowest BCUT2D eigenvalue weighted by molar-refractivity contribution is -0.0478. The summed E-state index contributed by atoms with van der Waals surface area (Å²) in [6.07, 6.45) is 3.55. The number of nitrogens with one attached hydrogen (secondary N) is 1. The summed E-state index contributed by atoms with van der Waals surface area (Å²) in [6, 6.07) is 0. The maximum atomic E-state index is 5.71. The highest BCUT2D eigenvalue weighted by Crippen LogP contribution is 2.16. The molecule has 1 aromatic rings. The zero-order valence-corrected chi connectivity index (χ0v) is 11.2. The summed E-state index contributed by atoms with van der Waals surface area (Å²) in [4.78, 5) is 7.97. The number of rotatable bonds is 3. The Labute approximate surface area is 108 Å². The zero-order valence-electron chi connectivity index (χ0n) is 9.02. The normalized spacial score (nSPS) is 25.4. The molecule has 1 fully saturated rings. The Morgan fingerprint density at radius 2 is 2.50 bits per heavy atom. The van der Waals surface area contributed by atoms with E-state index in [1.54, 1.807) is 6.20 Å². The van der Waals surface area contributed by atoms with Gasteiger partial charge in [-0.05, 0) is 29.5 Å². The smallest absolute Gasteiger partial charge is 0.230 e. The van der Waals surface area contributed by atoms with E-state index in [0.717, 1.165) is 16.7 Å². The number of hydrogen-bond donors (Lipinski definition) is 1. The van der Waals surface area contributed by atoms with E-state index in [1.165, 1.54) is 6.33 Å². The molecule has 88 valence electrons. The van der Waals surface area contributed by atoms with Crippen molar-refractivity contribution >= 4 is 22.6 Å². The molecule has 6 heteroatoms. The fraction of sp³-hybridized carbons (Fsp3) is 0.600. The summed E-state index contributed by atoms with van der Waals surface area (Å²) in [7, 11) is 0. The maximum absolute atomic E-state index is 5.71. The molecule has 0 spiro atoms. The highest BCUT2D eigenvalue weighted by atomic mass is 127. The lowest BCUT2D eigenvalue weighted by Crippen LogP contribution is -2.45. The van der Waals surface area contributed by atoms with Crippen LogP contribution in [0.3, 0.4) is 0 Å². The number of hydrogen-bond acceptors (Lipinski definition) is 5. The van der Waals surface area contributed by atoms with Gasteiger partial charge < -0.3 is 14.8 Å². The topological polar surface area (TPSA) is 56.3 Å². The molecule has 0 saturated carbocycles. The van der Waals surface area contributed by atoms with Gasteiger partial charge in [0.1, 0.15) is 19.0 Å². The fourth-order valence-corrected chi connectivity index (χ4v) is 2.01. The first-order valence-corrected chi connectivity index (χ1v) is 6.28. The molecule has 0 radical (unpaired) electrons. The number of nitrogens with zero attached hydrogens (tertiary/aromatic N) is 2. The standard InChI is InChI=1S/C10H14IN3O2/c1-7-2-12-3-8(16-7)5-15-10-9(11)4-13-6-14-10/h4,6-8,12H,2-3,5H2,1H3. The summed E-state index contributed by atoms with van der Waals surface area (Å²) in [5.74, 6) is 0.623. The molecule has 2 unspecified atom stereocenters. The molecule has 16 heavy (non-hydrogen) atoms. The highest BCUT2D eigenvalue weighted by Gasteiger charge is 2.19. The van der Waals surface area contributed by atoms with Gasteiger partial charge in [-0.15, -0.1) is 0 Å². The molecule has 2 heterocycles. The summed E-state index contributed by atoms with van der Waals surface area (Å²) in [5.41, 5.74) is 0. The SMILES string of the molecule is CC1CNCC(COc2ncncc2I)O1. The van der Waals surface area contributed by atoms with Crippen LogP contribution in [0.1, 0.15) is 6.92 Å². The summed E-state index contributed by atoms with van der Waals surface area (Å²) in [6.45, 7) is 4.30. The Balaban J connectivity index is 1.85. The van der Waals surface area contributed by atoms with Crippen molar-refractivity contribution in [2.75, 3.05) is 19.7 Å². The fourth-order valence-electron chi connectivity index (χ4n) is 1.55. The van der Waals surface area contributed by atoms with Crippen molar-refractivity contribution in [3.63, 3.8) is 0 Å². The van der Waals surface area contributed by atoms with Gasteiger partial charge in [-0.25, -0.2) is 9.97 Å². The Hall–Kier alpha value is -0.470. The minimum Gasteiger partial charge on any atom is -0.474 e. The molecule has 0 aliphatic carbocycles. The van der Waals surface area contributed by atoms with Crippen molar-refractivity contribution in [3.8, 4) is 5.88 Å². The first-order chi connectivity index (χ1) is 7.75. The number of morpholine rings is 1. The van der Waals surface area contributed by atoms with Gasteiger partial charge in [-0.1, -0.05) is 0 Å². The van der Waals surface area contributed by atoms with E-state index in [4.69, 9.17) is 9.47 Å². The molecule has 0 amide bonds. The molecular weight excluding hydrogens is 321 g/mol. The van der Waals surface area contributed by atoms with Crippen molar-refractivity contribution in [2.24, 2.45) is 0 Å². The van der Waals surface area contributed by atoms with Crippen LogP contribution in [0.15, 0.2) is 12.5 Å². The molecule has 1 aromatic heterocycles. The molecule has 1 aliphatic rings. The van der Waals surface area contributed by atoms with E-state index in [-0.39, 0.29) is 12.2 Å². The van der Waals surface area contributed by atoms with Crippen molar-refractivity contribution in [1.29, 1.82) is 0 Å². The minimum absolute atomic E-state index is 0.0921. The van der Waals surface area contributed by atoms with Crippen LogP contribution in [0.2, 0.25) is 0 Å². The first-order valence-electron chi connectivity index (χ1n) is 5.20. The van der Waals surface area contributed by atoms with E-state index < -0.39 is 0 Å². The third-order valence-electron chi connectivity index (χ3n) is 2.27. The Kier molecular flexibility index (Phi) is 4.30. The lowest BCUT2D eigenvalue weighted by Gasteiger charge is -2.28. The monoisotopic (exact) mass is 335 g/mol. The van der Waals surface area contributed by atoms with Crippen LogP contribution in [0.5, 0.6) is 5.88 Å². The van der Waals surface area contributed by atoms with Gasteiger partial charge in [-0.3, -0.25) is 0 Å². The average molecular weight is 335 g/mol. The van der Waals surface area contributed by atoms with E-state index >= 15 is 0 Å². The van der Waals surface area contributed by atoms with Gasteiger partial charge in [0.25, 0.3) is 0 Å². The molecule has 1 aliphatic heterocycles. The number of halogens is 1. The molecule has 2 atom stereocenters. The van der Waals surface area contributed by atoms with Crippen LogP contribution < -0.4 is 10.1 Å². The van der Waals surface area contributed by atoms with Gasteiger partial charge >= 0.3 is 0 Å². The largest absolute Gasteiger partial charge is 0.474 e. The minimum atomic E-state index is 0.0921. The summed E-state index contributed by atoms with van der Waals surface area (Å²) >= 11 is 2.15. The Morgan fingerprint density at radius 3 is 3.25 bits per heavy atom. The zero-order chi connectivity index (χ0) is 11.4. The van der Waals surface area contributed by atoms with Crippen molar-refractivity contribution in [2.45, 2.75) is 19.1 Å². The molecule has 0 bridgehead atoms. The summed E-state index contributed by atoms with van der Waals surface area (Å²) < 4.78 is 12.2. The van der Waals surface area contributed by atoms with Gasteiger partial charge in [0.05, 0.1) is 9.67 Å². The van der Waals surface area contributed by atoms with Crippen LogP contribution in [0, 0.1) is 3.57 Å². The molecule has 1 N–H and O–H groups in total. The van der Waals surface area contributed by atoms with Crippen LogP contribution in [0.25, 0.3) is 0 Å². The van der Waals surface area contributed by atoms with E-state index in [9.17, 15) is 0 Å². The molecule has 5 nitrogen and oxygen atoms in total. The molecule has 2 rings (SSSR count). The van der Waals surface area contributed by atoms with Crippen LogP contribution in [-0.2, 0) is 4.74 Å². The maximum Gasteiger partial charge on any atom is 0.230 e. The van der Waals surface area contributed by atoms with Crippen molar-refractivity contribution < 1.29 is 9.47 Å². The van der Waals surface area contributed by atoms with Gasteiger partial charge in [0.2, 0.25) is 5.88 Å². The highest BCUT2D eigenvalue weighted by molar-refractivity contribution is 14.1. The quantitative estimate of drug-likeness (QED) is 0.830. The van der Waals surface area contributed by atoms with E-state index in [0.29, 0.717) is 12.5 Å². The van der Waals surface area contributed by atoms with Crippen LogP contribution in [-0.4, -0.2) is 41.9 Å². The van der Waals surface area contributed by atoms with E-state index in [1.807, 2.05) is 6.92 Å². The Bertz CT molecular complexity index is 351. The second kappa shape index (κ2) is 5.74. The molecular formula is C10H14IN3O2. The van der Waals surface area contributed by atoms with Crippen molar-refractivity contribution in [3.05, 3.63) is 16.1 Å². The average Bonchev–Trinajstić information content (AvgIpc) is 2.28. The number of ether oxygens (including phenoxy) is 2.